The van der Waals surface area contributed by atoms with Crippen LogP contribution >= 0.6 is 15.9 Å². The third kappa shape index (κ3) is 3.14. The van der Waals surface area contributed by atoms with Gasteiger partial charge >= 0.3 is 0 Å². The summed E-state index contributed by atoms with van der Waals surface area (Å²) in [5.41, 5.74) is 1.30. The Labute approximate surface area is 132 Å². The van der Waals surface area contributed by atoms with Gasteiger partial charge in [-0.25, -0.2) is 0 Å². The lowest BCUT2D eigenvalue weighted by Crippen LogP contribution is -2.06. The Morgan fingerprint density at radius 1 is 0.952 bits per heavy atom. The number of halogens is 1. The normalized spacial score (nSPS) is 11.9. The van der Waals surface area contributed by atoms with Crippen molar-refractivity contribution < 1.29 is 19.3 Å². The molecule has 1 atom stereocenters. The summed E-state index contributed by atoms with van der Waals surface area (Å²) < 4.78 is 16.8. The summed E-state index contributed by atoms with van der Waals surface area (Å²) in [5.74, 6) is 1.62. The molecule has 2 aromatic carbocycles. The molecule has 0 heterocycles. The molecular formula is C16H17BrO4. The molecule has 5 heteroatoms. The molecule has 1 N–H and O–H groups in total. The Morgan fingerprint density at radius 3 is 2.00 bits per heavy atom. The Bertz CT molecular complexity index is 602. The molecule has 1 unspecified atom stereocenters. The van der Waals surface area contributed by atoms with Crippen LogP contribution in [0.4, 0.5) is 0 Å². The average molecular weight is 353 g/mol. The van der Waals surface area contributed by atoms with Gasteiger partial charge in [-0.2, -0.15) is 0 Å². The topological polar surface area (TPSA) is 47.9 Å². The summed E-state index contributed by atoms with van der Waals surface area (Å²) in [6.45, 7) is 0. The molecule has 0 saturated carbocycles. The number of hydrogen-bond acceptors (Lipinski definition) is 4. The second kappa shape index (κ2) is 6.83. The highest BCUT2D eigenvalue weighted by atomic mass is 79.9. The third-order valence-corrected chi connectivity index (χ3v) is 3.95. The second-order valence-corrected chi connectivity index (χ2v) is 5.22. The number of aliphatic hydroxyl groups excluding tert-OH is 1. The van der Waals surface area contributed by atoms with Crippen molar-refractivity contribution in [3.8, 4) is 17.2 Å². The molecule has 0 radical (unpaired) electrons. The van der Waals surface area contributed by atoms with Crippen LogP contribution in [0.2, 0.25) is 0 Å². The smallest absolute Gasteiger partial charge is 0.132 e. The minimum Gasteiger partial charge on any atom is -0.496 e. The highest BCUT2D eigenvalue weighted by Gasteiger charge is 2.23. The third-order valence-electron chi connectivity index (χ3n) is 3.23. The molecular weight excluding hydrogens is 336 g/mol. The largest absolute Gasteiger partial charge is 0.496 e. The van der Waals surface area contributed by atoms with Gasteiger partial charge in [0.1, 0.15) is 23.4 Å². The van der Waals surface area contributed by atoms with Gasteiger partial charge in [-0.1, -0.05) is 34.1 Å². The zero-order chi connectivity index (χ0) is 15.4. The second-order valence-electron chi connectivity index (χ2n) is 4.37. The van der Waals surface area contributed by atoms with Gasteiger partial charge in [-0.3, -0.25) is 0 Å². The van der Waals surface area contributed by atoms with Gasteiger partial charge in [0.05, 0.1) is 26.9 Å². The van der Waals surface area contributed by atoms with Crippen LogP contribution in [0.15, 0.2) is 40.9 Å². The predicted octanol–water partition coefficient (Wildman–Crippen LogP) is 3.56. The molecule has 0 fully saturated rings. The summed E-state index contributed by atoms with van der Waals surface area (Å²) in [7, 11) is 4.66. The Balaban J connectivity index is 2.59. The molecule has 112 valence electrons. The Hall–Kier alpha value is -1.72. The number of aliphatic hydroxyl groups is 1. The fraction of sp³-hybridized carbons (Fsp3) is 0.250. The molecule has 21 heavy (non-hydrogen) atoms. The van der Waals surface area contributed by atoms with Crippen LogP contribution in [0.3, 0.4) is 0 Å². The van der Waals surface area contributed by atoms with Gasteiger partial charge < -0.3 is 19.3 Å². The fourth-order valence-electron chi connectivity index (χ4n) is 2.15. The number of benzene rings is 2. The average Bonchev–Trinajstić information content (AvgIpc) is 2.53. The zero-order valence-corrected chi connectivity index (χ0v) is 13.7. The first-order valence-corrected chi connectivity index (χ1v) is 7.14. The zero-order valence-electron chi connectivity index (χ0n) is 12.1. The molecule has 0 aliphatic carbocycles. The van der Waals surface area contributed by atoms with Crippen molar-refractivity contribution >= 4 is 15.9 Å². The minimum absolute atomic E-state index is 0.509. The summed E-state index contributed by atoms with van der Waals surface area (Å²) in [6.07, 6.45) is -0.878. The maximum Gasteiger partial charge on any atom is 0.132 e. The first kappa shape index (κ1) is 15.7. The first-order chi connectivity index (χ1) is 10.1. The minimum atomic E-state index is -0.878. The summed E-state index contributed by atoms with van der Waals surface area (Å²) in [5, 5.41) is 10.7. The Morgan fingerprint density at radius 2 is 1.52 bits per heavy atom. The highest BCUT2D eigenvalue weighted by molar-refractivity contribution is 9.10. The van der Waals surface area contributed by atoms with Crippen LogP contribution in [-0.4, -0.2) is 26.4 Å². The molecule has 0 spiro atoms. The van der Waals surface area contributed by atoms with Gasteiger partial charge in [-0.05, 0) is 11.6 Å². The van der Waals surface area contributed by atoms with Crippen molar-refractivity contribution in [2.75, 3.05) is 21.3 Å². The van der Waals surface area contributed by atoms with E-state index in [2.05, 4.69) is 15.9 Å². The van der Waals surface area contributed by atoms with E-state index in [1.54, 1.807) is 33.5 Å². The monoisotopic (exact) mass is 352 g/mol. The number of hydrogen-bond donors (Lipinski definition) is 1. The predicted molar refractivity (Wildman–Crippen MR) is 84.3 cm³/mol. The molecule has 0 amide bonds. The van der Waals surface area contributed by atoms with E-state index in [9.17, 15) is 5.11 Å². The van der Waals surface area contributed by atoms with E-state index in [0.29, 0.717) is 22.8 Å². The molecule has 2 rings (SSSR count). The van der Waals surface area contributed by atoms with Crippen LogP contribution < -0.4 is 14.2 Å². The van der Waals surface area contributed by atoms with Crippen LogP contribution in [0, 0.1) is 0 Å². The number of rotatable bonds is 5. The SMILES string of the molecule is COc1cc(OC)c(C(O)c2ccccc2Br)c(OC)c1. The van der Waals surface area contributed by atoms with Gasteiger partial charge in [0.2, 0.25) is 0 Å². The standard InChI is InChI=1S/C16H17BrO4/c1-19-10-8-13(20-2)15(14(9-10)21-3)16(18)11-6-4-5-7-12(11)17/h4-9,16,18H,1-3H3. The molecule has 0 bridgehead atoms. The number of methoxy groups -OCH3 is 3. The molecule has 0 aliphatic rings. The maximum atomic E-state index is 10.7. The van der Waals surface area contributed by atoms with E-state index in [1.807, 2.05) is 24.3 Å². The van der Waals surface area contributed by atoms with Crippen molar-refractivity contribution in [3.63, 3.8) is 0 Å². The maximum absolute atomic E-state index is 10.7. The molecule has 0 aromatic heterocycles. The molecule has 4 nitrogen and oxygen atoms in total. The lowest BCUT2D eigenvalue weighted by molar-refractivity contribution is 0.207. The first-order valence-electron chi connectivity index (χ1n) is 6.34. The van der Waals surface area contributed by atoms with Crippen molar-refractivity contribution in [1.29, 1.82) is 0 Å². The summed E-state index contributed by atoms with van der Waals surface area (Å²) >= 11 is 3.45. The van der Waals surface area contributed by atoms with Crippen molar-refractivity contribution in [2.45, 2.75) is 6.10 Å². The van der Waals surface area contributed by atoms with E-state index in [0.717, 1.165) is 10.0 Å². The van der Waals surface area contributed by atoms with Crippen LogP contribution in [-0.2, 0) is 0 Å². The quantitative estimate of drug-likeness (QED) is 0.893. The van der Waals surface area contributed by atoms with Gasteiger partial charge in [0, 0.05) is 16.6 Å². The van der Waals surface area contributed by atoms with Crippen LogP contribution in [0.1, 0.15) is 17.2 Å². The van der Waals surface area contributed by atoms with E-state index < -0.39 is 6.10 Å². The fourth-order valence-corrected chi connectivity index (χ4v) is 2.66. The lowest BCUT2D eigenvalue weighted by Gasteiger charge is -2.20. The van der Waals surface area contributed by atoms with Crippen molar-refractivity contribution in [2.24, 2.45) is 0 Å². The van der Waals surface area contributed by atoms with E-state index in [-0.39, 0.29) is 0 Å². The Kier molecular flexibility index (Phi) is 5.09. The molecule has 0 aliphatic heterocycles. The van der Waals surface area contributed by atoms with Crippen molar-refractivity contribution in [1.82, 2.24) is 0 Å². The number of ether oxygens (including phenoxy) is 3. The van der Waals surface area contributed by atoms with Gasteiger partial charge in [0.15, 0.2) is 0 Å². The van der Waals surface area contributed by atoms with Gasteiger partial charge in [0.25, 0.3) is 0 Å². The van der Waals surface area contributed by atoms with Crippen molar-refractivity contribution in [3.05, 3.63) is 52.0 Å². The van der Waals surface area contributed by atoms with E-state index in [4.69, 9.17) is 14.2 Å². The summed E-state index contributed by atoms with van der Waals surface area (Å²) in [6, 6.07) is 10.9. The lowest BCUT2D eigenvalue weighted by atomic mass is 9.99. The van der Waals surface area contributed by atoms with E-state index >= 15 is 0 Å². The van der Waals surface area contributed by atoms with Gasteiger partial charge in [-0.15, -0.1) is 0 Å². The molecule has 0 saturated heterocycles. The summed E-state index contributed by atoms with van der Waals surface area (Å²) in [4.78, 5) is 0. The van der Waals surface area contributed by atoms with E-state index in [1.165, 1.54) is 0 Å². The molecule has 2 aromatic rings. The van der Waals surface area contributed by atoms with Crippen LogP contribution in [0.5, 0.6) is 17.2 Å². The van der Waals surface area contributed by atoms with Crippen LogP contribution in [0.25, 0.3) is 0 Å². The highest BCUT2D eigenvalue weighted by Crippen LogP contribution is 2.42.